The van der Waals surface area contributed by atoms with Gasteiger partial charge in [-0.3, -0.25) is 9.59 Å². The van der Waals surface area contributed by atoms with Crippen molar-refractivity contribution in [3.05, 3.63) is 35.9 Å². The summed E-state index contributed by atoms with van der Waals surface area (Å²) in [5.74, 6) is 0.0309. The van der Waals surface area contributed by atoms with Crippen molar-refractivity contribution in [2.24, 2.45) is 0 Å². The van der Waals surface area contributed by atoms with Crippen LogP contribution in [0.3, 0.4) is 0 Å². The second-order valence-electron chi connectivity index (χ2n) is 5.01. The van der Waals surface area contributed by atoms with Crippen molar-refractivity contribution < 1.29 is 9.59 Å². The standard InChI is InChI=1S/C14H16N2O2/c17-13-9-16(11-6-7-11)14(18)12(15-13)8-10-4-2-1-3-5-10/h1-5,11-12H,6-9H2,(H,15,17). The number of benzene rings is 1. The summed E-state index contributed by atoms with van der Waals surface area (Å²) in [4.78, 5) is 25.7. The van der Waals surface area contributed by atoms with Gasteiger partial charge >= 0.3 is 0 Å². The lowest BCUT2D eigenvalue weighted by atomic mass is 10.0. The molecule has 1 aliphatic carbocycles. The average Bonchev–Trinajstić information content (AvgIpc) is 3.19. The molecule has 4 nitrogen and oxygen atoms in total. The van der Waals surface area contributed by atoms with Gasteiger partial charge in [-0.1, -0.05) is 30.3 Å². The second kappa shape index (κ2) is 4.44. The lowest BCUT2D eigenvalue weighted by Crippen LogP contribution is -2.59. The van der Waals surface area contributed by atoms with E-state index in [4.69, 9.17) is 0 Å². The molecule has 4 heteroatoms. The van der Waals surface area contributed by atoms with Crippen LogP contribution in [0.4, 0.5) is 0 Å². The van der Waals surface area contributed by atoms with Crippen molar-refractivity contribution in [1.29, 1.82) is 0 Å². The molecule has 0 aromatic heterocycles. The van der Waals surface area contributed by atoms with Gasteiger partial charge in [0.2, 0.25) is 11.8 Å². The fraction of sp³-hybridized carbons (Fsp3) is 0.429. The van der Waals surface area contributed by atoms with Crippen molar-refractivity contribution in [3.8, 4) is 0 Å². The zero-order valence-electron chi connectivity index (χ0n) is 10.1. The maximum absolute atomic E-state index is 12.3. The second-order valence-corrected chi connectivity index (χ2v) is 5.01. The van der Waals surface area contributed by atoms with Gasteiger partial charge in [0.15, 0.2) is 0 Å². The Kier molecular flexibility index (Phi) is 2.78. The molecule has 1 aliphatic heterocycles. The zero-order chi connectivity index (χ0) is 12.5. The Bertz CT molecular complexity index is 468. The van der Waals surface area contributed by atoms with Crippen molar-refractivity contribution in [2.75, 3.05) is 6.54 Å². The van der Waals surface area contributed by atoms with Crippen molar-refractivity contribution in [3.63, 3.8) is 0 Å². The van der Waals surface area contributed by atoms with Crippen LogP contribution in [-0.2, 0) is 16.0 Å². The molecule has 94 valence electrons. The number of piperazine rings is 1. The number of nitrogens with zero attached hydrogens (tertiary/aromatic N) is 1. The molecule has 1 saturated heterocycles. The van der Waals surface area contributed by atoms with Gasteiger partial charge in [-0.05, 0) is 18.4 Å². The first kappa shape index (κ1) is 11.3. The van der Waals surface area contributed by atoms with E-state index in [1.54, 1.807) is 4.90 Å². The van der Waals surface area contributed by atoms with Crippen molar-refractivity contribution in [2.45, 2.75) is 31.3 Å². The maximum Gasteiger partial charge on any atom is 0.246 e. The normalized spacial score (nSPS) is 24.0. The van der Waals surface area contributed by atoms with E-state index in [2.05, 4.69) is 5.32 Å². The first-order chi connectivity index (χ1) is 8.74. The molecule has 3 rings (SSSR count). The molecule has 0 radical (unpaired) electrons. The van der Waals surface area contributed by atoms with E-state index in [0.717, 1.165) is 18.4 Å². The van der Waals surface area contributed by atoms with Crippen LogP contribution >= 0.6 is 0 Å². The van der Waals surface area contributed by atoms with Crippen LogP contribution in [0, 0.1) is 0 Å². The number of nitrogens with one attached hydrogen (secondary N) is 1. The zero-order valence-corrected chi connectivity index (χ0v) is 10.1. The van der Waals surface area contributed by atoms with E-state index < -0.39 is 6.04 Å². The SMILES string of the molecule is O=C1CN(C2CC2)C(=O)C(Cc2ccccc2)N1. The van der Waals surface area contributed by atoms with Gasteiger partial charge in [0.25, 0.3) is 0 Å². The highest BCUT2D eigenvalue weighted by Crippen LogP contribution is 2.28. The first-order valence-corrected chi connectivity index (χ1v) is 6.38. The van der Waals surface area contributed by atoms with E-state index in [0.29, 0.717) is 12.5 Å². The average molecular weight is 244 g/mol. The topological polar surface area (TPSA) is 49.4 Å². The molecule has 0 spiro atoms. The predicted octanol–water partition coefficient (Wildman–Crippen LogP) is 0.718. The maximum atomic E-state index is 12.3. The molecule has 1 aromatic rings. The Labute approximate surface area is 106 Å². The van der Waals surface area contributed by atoms with Gasteiger partial charge < -0.3 is 10.2 Å². The number of carbonyl (C=O) groups is 2. The molecule has 1 N–H and O–H groups in total. The Morgan fingerprint density at radius 1 is 1.17 bits per heavy atom. The van der Waals surface area contributed by atoms with Crippen LogP contribution in [0.1, 0.15) is 18.4 Å². The molecule has 1 atom stereocenters. The molecule has 1 heterocycles. The Hall–Kier alpha value is -1.84. The quantitative estimate of drug-likeness (QED) is 0.851. The minimum absolute atomic E-state index is 0.0394. The largest absolute Gasteiger partial charge is 0.342 e. The highest BCUT2D eigenvalue weighted by molar-refractivity contribution is 5.95. The monoisotopic (exact) mass is 244 g/mol. The van der Waals surface area contributed by atoms with Crippen LogP contribution in [-0.4, -0.2) is 35.3 Å². The number of amides is 2. The third kappa shape index (κ3) is 2.23. The van der Waals surface area contributed by atoms with Gasteiger partial charge in [-0.15, -0.1) is 0 Å². The van der Waals surface area contributed by atoms with E-state index in [-0.39, 0.29) is 18.4 Å². The van der Waals surface area contributed by atoms with E-state index in [9.17, 15) is 9.59 Å². The van der Waals surface area contributed by atoms with Gasteiger partial charge in [-0.25, -0.2) is 0 Å². The van der Waals surface area contributed by atoms with Gasteiger partial charge in [-0.2, -0.15) is 0 Å². The fourth-order valence-corrected chi connectivity index (χ4v) is 2.42. The molecule has 2 amide bonds. The van der Waals surface area contributed by atoms with Crippen molar-refractivity contribution in [1.82, 2.24) is 10.2 Å². The van der Waals surface area contributed by atoms with E-state index in [1.165, 1.54) is 0 Å². The molecule has 2 fully saturated rings. The molecular weight excluding hydrogens is 228 g/mol. The third-order valence-corrected chi connectivity index (χ3v) is 3.50. The molecule has 18 heavy (non-hydrogen) atoms. The summed E-state index contributed by atoms with van der Waals surface area (Å²) in [7, 11) is 0. The lowest BCUT2D eigenvalue weighted by molar-refractivity contribution is -0.144. The van der Waals surface area contributed by atoms with Crippen LogP contribution < -0.4 is 5.32 Å². The van der Waals surface area contributed by atoms with Crippen LogP contribution in [0.25, 0.3) is 0 Å². The highest BCUT2D eigenvalue weighted by atomic mass is 16.2. The van der Waals surface area contributed by atoms with E-state index >= 15 is 0 Å². The summed E-state index contributed by atoms with van der Waals surface area (Å²) in [5.41, 5.74) is 1.08. The summed E-state index contributed by atoms with van der Waals surface area (Å²) in [6.07, 6.45) is 2.66. The first-order valence-electron chi connectivity index (χ1n) is 6.38. The predicted molar refractivity (Wildman–Crippen MR) is 66.8 cm³/mol. The van der Waals surface area contributed by atoms with Crippen molar-refractivity contribution >= 4 is 11.8 Å². The van der Waals surface area contributed by atoms with Crippen LogP contribution in [0.5, 0.6) is 0 Å². The molecule has 2 aliphatic rings. The minimum Gasteiger partial charge on any atom is -0.342 e. The Morgan fingerprint density at radius 3 is 2.56 bits per heavy atom. The highest BCUT2D eigenvalue weighted by Gasteiger charge is 2.40. The Morgan fingerprint density at radius 2 is 1.89 bits per heavy atom. The third-order valence-electron chi connectivity index (χ3n) is 3.50. The summed E-state index contributed by atoms with van der Waals surface area (Å²) in [6, 6.07) is 9.72. The molecule has 1 unspecified atom stereocenters. The van der Waals surface area contributed by atoms with E-state index in [1.807, 2.05) is 30.3 Å². The smallest absolute Gasteiger partial charge is 0.246 e. The van der Waals surface area contributed by atoms with Gasteiger partial charge in [0.1, 0.15) is 6.04 Å². The number of hydrogen-bond acceptors (Lipinski definition) is 2. The Balaban J connectivity index is 1.74. The van der Waals surface area contributed by atoms with Crippen LogP contribution in [0.15, 0.2) is 30.3 Å². The minimum atomic E-state index is -0.394. The summed E-state index contributed by atoms with van der Waals surface area (Å²) < 4.78 is 0. The molecular formula is C14H16N2O2. The van der Waals surface area contributed by atoms with Crippen LogP contribution in [0.2, 0.25) is 0 Å². The molecule has 1 aromatic carbocycles. The number of rotatable bonds is 3. The number of carbonyl (C=O) groups excluding carboxylic acids is 2. The fourth-order valence-electron chi connectivity index (χ4n) is 2.42. The molecule has 0 bridgehead atoms. The lowest BCUT2D eigenvalue weighted by Gasteiger charge is -2.32. The summed E-state index contributed by atoms with van der Waals surface area (Å²) >= 11 is 0. The van der Waals surface area contributed by atoms with Gasteiger partial charge in [0, 0.05) is 12.5 Å². The number of hydrogen-bond donors (Lipinski definition) is 1. The summed E-state index contributed by atoms with van der Waals surface area (Å²) in [5, 5.41) is 2.80. The van der Waals surface area contributed by atoms with Gasteiger partial charge in [0.05, 0.1) is 6.54 Å². The molecule has 1 saturated carbocycles. The summed E-state index contributed by atoms with van der Waals surface area (Å²) in [6.45, 7) is 0.231.